The summed E-state index contributed by atoms with van der Waals surface area (Å²) in [6.45, 7) is 9.10. The molecule has 0 amide bonds. The Morgan fingerprint density at radius 2 is 2.00 bits per heavy atom. The van der Waals surface area contributed by atoms with Gasteiger partial charge >= 0.3 is 5.97 Å². The molecule has 0 radical (unpaired) electrons. The zero-order valence-electron chi connectivity index (χ0n) is 8.09. The molecule has 3 nitrogen and oxygen atoms in total. The summed E-state index contributed by atoms with van der Waals surface area (Å²) in [5.74, 6) is -0.373. The minimum Gasteiger partial charge on any atom is -0.486 e. The summed E-state index contributed by atoms with van der Waals surface area (Å²) in [7, 11) is 1.34. The summed E-state index contributed by atoms with van der Waals surface area (Å²) in [5, 5.41) is 0. The minimum absolute atomic E-state index is 0.277. The Labute approximate surface area is 73.4 Å². The largest absolute Gasteiger partial charge is 0.486 e. The first-order valence-electron chi connectivity index (χ1n) is 3.77. The van der Waals surface area contributed by atoms with Crippen LogP contribution in [0.3, 0.4) is 0 Å². The lowest BCUT2D eigenvalue weighted by Gasteiger charge is -2.26. The zero-order chi connectivity index (χ0) is 9.78. The van der Waals surface area contributed by atoms with Gasteiger partial charge in [-0.2, -0.15) is 0 Å². The maximum atomic E-state index is 11.2. The van der Waals surface area contributed by atoms with E-state index in [1.807, 2.05) is 20.8 Å². The van der Waals surface area contributed by atoms with Crippen LogP contribution in [0.1, 0.15) is 20.8 Å². The van der Waals surface area contributed by atoms with Crippen molar-refractivity contribution in [2.75, 3.05) is 7.11 Å². The van der Waals surface area contributed by atoms with Crippen molar-refractivity contribution in [3.63, 3.8) is 0 Å². The Kier molecular flexibility index (Phi) is 3.80. The molecule has 70 valence electrons. The van der Waals surface area contributed by atoms with Crippen molar-refractivity contribution in [1.29, 1.82) is 0 Å². The molecular formula is C9H16O3. The van der Waals surface area contributed by atoms with Crippen molar-refractivity contribution in [1.82, 2.24) is 0 Å². The van der Waals surface area contributed by atoms with Crippen molar-refractivity contribution >= 4 is 5.97 Å². The molecule has 12 heavy (non-hydrogen) atoms. The number of methoxy groups -OCH3 is 1. The highest BCUT2D eigenvalue weighted by molar-refractivity contribution is 5.75. The number of ether oxygens (including phenoxy) is 2. The van der Waals surface area contributed by atoms with Crippen LogP contribution in [0.25, 0.3) is 0 Å². The molecule has 0 saturated heterocycles. The van der Waals surface area contributed by atoms with Crippen molar-refractivity contribution in [2.45, 2.75) is 26.9 Å². The Hall–Kier alpha value is -0.990. The second-order valence-corrected chi connectivity index (χ2v) is 3.57. The van der Waals surface area contributed by atoms with Gasteiger partial charge < -0.3 is 9.47 Å². The van der Waals surface area contributed by atoms with Crippen molar-refractivity contribution in [3.8, 4) is 0 Å². The summed E-state index contributed by atoms with van der Waals surface area (Å²) < 4.78 is 9.63. The van der Waals surface area contributed by atoms with Crippen LogP contribution in [-0.4, -0.2) is 19.2 Å². The molecular weight excluding hydrogens is 156 g/mol. The quantitative estimate of drug-likeness (QED) is 0.480. The number of hydrogen-bond donors (Lipinski definition) is 0. The molecule has 0 heterocycles. The topological polar surface area (TPSA) is 35.5 Å². The van der Waals surface area contributed by atoms with E-state index >= 15 is 0 Å². The average molecular weight is 172 g/mol. The smallest absolute Gasteiger partial charge is 0.347 e. The third-order valence-electron chi connectivity index (χ3n) is 1.43. The van der Waals surface area contributed by atoms with E-state index in [1.165, 1.54) is 13.4 Å². The highest BCUT2D eigenvalue weighted by atomic mass is 16.6. The van der Waals surface area contributed by atoms with Gasteiger partial charge in [-0.1, -0.05) is 27.4 Å². The summed E-state index contributed by atoms with van der Waals surface area (Å²) in [6.07, 6.45) is 0.673. The minimum atomic E-state index is -0.583. The number of hydrogen-bond acceptors (Lipinski definition) is 3. The molecule has 0 aromatic carbocycles. The van der Waals surface area contributed by atoms with Crippen molar-refractivity contribution in [2.24, 2.45) is 5.41 Å². The number of carbonyl (C=O) groups is 1. The van der Waals surface area contributed by atoms with Crippen LogP contribution in [0.4, 0.5) is 0 Å². The fraction of sp³-hybridized carbons (Fsp3) is 0.667. The summed E-state index contributed by atoms with van der Waals surface area (Å²) >= 11 is 0. The van der Waals surface area contributed by atoms with E-state index in [9.17, 15) is 4.79 Å². The van der Waals surface area contributed by atoms with Crippen LogP contribution >= 0.6 is 0 Å². The van der Waals surface area contributed by atoms with Gasteiger partial charge in [0.25, 0.3) is 0 Å². The lowest BCUT2D eigenvalue weighted by atomic mass is 9.89. The van der Waals surface area contributed by atoms with E-state index in [0.29, 0.717) is 0 Å². The monoisotopic (exact) mass is 172 g/mol. The molecule has 0 aromatic rings. The standard InChI is InChI=1S/C9H16O3/c1-6-12-7(8(10)11-5)9(2,3)4/h6-7H,1H2,2-5H3/t7-/m1/s1. The molecule has 0 spiro atoms. The van der Waals surface area contributed by atoms with Gasteiger partial charge in [0, 0.05) is 5.41 Å². The van der Waals surface area contributed by atoms with Gasteiger partial charge in [-0.15, -0.1) is 0 Å². The molecule has 0 aliphatic heterocycles. The highest BCUT2D eigenvalue weighted by Gasteiger charge is 2.33. The highest BCUT2D eigenvalue weighted by Crippen LogP contribution is 2.23. The van der Waals surface area contributed by atoms with Gasteiger partial charge in [0.1, 0.15) is 0 Å². The zero-order valence-corrected chi connectivity index (χ0v) is 8.09. The third-order valence-corrected chi connectivity index (χ3v) is 1.43. The van der Waals surface area contributed by atoms with Gasteiger partial charge in [0.2, 0.25) is 0 Å². The summed E-state index contributed by atoms with van der Waals surface area (Å²) in [5.41, 5.74) is -0.277. The first-order chi connectivity index (χ1) is 5.43. The Bertz CT molecular complexity index is 167. The summed E-state index contributed by atoms with van der Waals surface area (Å²) in [4.78, 5) is 11.2. The second-order valence-electron chi connectivity index (χ2n) is 3.57. The van der Waals surface area contributed by atoms with Crippen LogP contribution in [0.15, 0.2) is 12.8 Å². The molecule has 0 saturated carbocycles. The lowest BCUT2D eigenvalue weighted by Crippen LogP contribution is -2.36. The second kappa shape index (κ2) is 4.14. The molecule has 0 aromatic heterocycles. The lowest BCUT2D eigenvalue weighted by molar-refractivity contribution is -0.156. The Morgan fingerprint density at radius 1 is 1.50 bits per heavy atom. The molecule has 0 unspecified atom stereocenters. The van der Waals surface area contributed by atoms with Crippen LogP contribution in [0.5, 0.6) is 0 Å². The Balaban J connectivity index is 4.43. The molecule has 0 N–H and O–H groups in total. The number of esters is 1. The summed E-state index contributed by atoms with van der Waals surface area (Å²) in [6, 6.07) is 0. The van der Waals surface area contributed by atoms with Crippen LogP contribution < -0.4 is 0 Å². The van der Waals surface area contributed by atoms with E-state index in [1.54, 1.807) is 0 Å². The maximum absolute atomic E-state index is 11.2. The van der Waals surface area contributed by atoms with Gasteiger partial charge in [-0.3, -0.25) is 0 Å². The molecule has 1 atom stereocenters. The van der Waals surface area contributed by atoms with Gasteiger partial charge in [-0.25, -0.2) is 4.79 Å². The van der Waals surface area contributed by atoms with Gasteiger partial charge in [0.05, 0.1) is 13.4 Å². The van der Waals surface area contributed by atoms with E-state index < -0.39 is 6.10 Å². The predicted molar refractivity (Wildman–Crippen MR) is 46.5 cm³/mol. The van der Waals surface area contributed by atoms with Crippen molar-refractivity contribution < 1.29 is 14.3 Å². The first kappa shape index (κ1) is 11.0. The molecule has 0 aliphatic carbocycles. The SMILES string of the molecule is C=CO[C@H](C(=O)OC)C(C)(C)C. The van der Waals surface area contributed by atoms with E-state index in [0.717, 1.165) is 0 Å². The van der Waals surface area contributed by atoms with Crippen LogP contribution in [-0.2, 0) is 14.3 Å². The molecule has 0 bridgehead atoms. The molecule has 3 heteroatoms. The molecule has 0 aliphatic rings. The van der Waals surface area contributed by atoms with Crippen molar-refractivity contribution in [3.05, 3.63) is 12.8 Å². The van der Waals surface area contributed by atoms with Crippen LogP contribution in [0.2, 0.25) is 0 Å². The number of carbonyl (C=O) groups excluding carboxylic acids is 1. The van der Waals surface area contributed by atoms with E-state index in [2.05, 4.69) is 11.3 Å². The van der Waals surface area contributed by atoms with Gasteiger partial charge in [-0.05, 0) is 0 Å². The molecule has 0 fully saturated rings. The van der Waals surface area contributed by atoms with Gasteiger partial charge in [0.15, 0.2) is 6.10 Å². The fourth-order valence-electron chi connectivity index (χ4n) is 0.816. The fourth-order valence-corrected chi connectivity index (χ4v) is 0.816. The van der Waals surface area contributed by atoms with E-state index in [4.69, 9.17) is 4.74 Å². The third kappa shape index (κ3) is 2.95. The normalized spacial score (nSPS) is 13.3. The molecule has 0 rings (SSSR count). The predicted octanol–water partition coefficient (Wildman–Crippen LogP) is 1.73. The number of rotatable bonds is 3. The van der Waals surface area contributed by atoms with E-state index in [-0.39, 0.29) is 11.4 Å². The Morgan fingerprint density at radius 3 is 2.25 bits per heavy atom. The van der Waals surface area contributed by atoms with Crippen LogP contribution in [0, 0.1) is 5.41 Å². The maximum Gasteiger partial charge on any atom is 0.347 e. The first-order valence-corrected chi connectivity index (χ1v) is 3.77. The average Bonchev–Trinajstić information content (AvgIpc) is 1.96.